The van der Waals surface area contributed by atoms with E-state index in [1.54, 1.807) is 50.2 Å². The van der Waals surface area contributed by atoms with Crippen molar-refractivity contribution in [2.75, 3.05) is 0 Å². The molecule has 0 N–H and O–H groups in total. The zero-order valence-corrected chi connectivity index (χ0v) is 30.1. The largest absolute Gasteiger partial charge is 0.319 e. The molecule has 8 aromatic rings. The average Bonchev–Trinajstić information content (AvgIpc) is 3.78. The summed E-state index contributed by atoms with van der Waals surface area (Å²) in [5.74, 6) is 0. The van der Waals surface area contributed by atoms with Crippen molar-refractivity contribution in [1.82, 2.24) is 9.13 Å². The number of hydrogen-bond donors (Lipinski definition) is 0. The molecule has 0 aliphatic heterocycles. The SMILES string of the molecule is [C-]#[N+]/C(C)=c1\c2c(-c3ccc4cc([N+]#[C-])ccc4c3)n(-c3ccc([N+]#[C-])cc3)/c(=C(\C)C#N)c2c(-c2ccc3cc(C#N)ccc3c2)n1-c1ccc(C#N)cc1. The summed E-state index contributed by atoms with van der Waals surface area (Å²) in [5.41, 5.74) is 7.43. The van der Waals surface area contributed by atoms with E-state index in [9.17, 15) is 15.8 Å². The van der Waals surface area contributed by atoms with Crippen molar-refractivity contribution in [3.63, 3.8) is 0 Å². The van der Waals surface area contributed by atoms with Crippen molar-refractivity contribution in [3.8, 4) is 52.1 Å². The number of rotatable bonds is 4. The third-order valence-corrected chi connectivity index (χ3v) is 10.1. The predicted molar refractivity (Wildman–Crippen MR) is 220 cm³/mol. The quantitative estimate of drug-likeness (QED) is 0.170. The van der Waals surface area contributed by atoms with Crippen LogP contribution in [0, 0.1) is 53.7 Å². The van der Waals surface area contributed by atoms with Gasteiger partial charge in [0.25, 0.3) is 0 Å². The van der Waals surface area contributed by atoms with Gasteiger partial charge in [0.15, 0.2) is 17.1 Å². The highest BCUT2D eigenvalue weighted by molar-refractivity contribution is 6.09. The summed E-state index contributed by atoms with van der Waals surface area (Å²) in [6.45, 7) is 27.1. The lowest BCUT2D eigenvalue weighted by Gasteiger charge is -2.16. The molecule has 0 unspecified atom stereocenters. The van der Waals surface area contributed by atoms with Crippen LogP contribution >= 0.6 is 0 Å². The molecule has 8 heteroatoms. The van der Waals surface area contributed by atoms with Crippen molar-refractivity contribution in [3.05, 3.63) is 177 Å². The molecule has 8 nitrogen and oxygen atoms in total. The molecule has 0 radical (unpaired) electrons. The molecule has 0 bridgehead atoms. The summed E-state index contributed by atoms with van der Waals surface area (Å²) >= 11 is 0. The van der Waals surface area contributed by atoms with Gasteiger partial charge in [-0.05, 0) is 113 Å². The second-order valence-electron chi connectivity index (χ2n) is 13.3. The molecule has 56 heavy (non-hydrogen) atoms. The van der Waals surface area contributed by atoms with Crippen LogP contribution in [-0.4, -0.2) is 9.13 Å². The fourth-order valence-electron chi connectivity index (χ4n) is 7.51. The van der Waals surface area contributed by atoms with Gasteiger partial charge in [-0.25, -0.2) is 14.5 Å². The van der Waals surface area contributed by atoms with E-state index in [1.165, 1.54) is 0 Å². The van der Waals surface area contributed by atoms with Crippen molar-refractivity contribution in [1.29, 1.82) is 15.8 Å². The van der Waals surface area contributed by atoms with Crippen molar-refractivity contribution < 1.29 is 0 Å². The zero-order chi connectivity index (χ0) is 39.1. The van der Waals surface area contributed by atoms with E-state index >= 15 is 0 Å². The van der Waals surface area contributed by atoms with Gasteiger partial charge in [0.1, 0.15) is 0 Å². The second-order valence-corrected chi connectivity index (χ2v) is 13.3. The molecule has 258 valence electrons. The summed E-state index contributed by atoms with van der Waals surface area (Å²) in [5, 5.41) is 36.4. The monoisotopic (exact) mass is 714 g/mol. The Labute approximate surface area is 322 Å². The lowest BCUT2D eigenvalue weighted by Crippen LogP contribution is -2.22. The summed E-state index contributed by atoms with van der Waals surface area (Å²) in [6, 6.07) is 44.5. The predicted octanol–water partition coefficient (Wildman–Crippen LogP) is 10.6. The average molecular weight is 715 g/mol. The van der Waals surface area contributed by atoms with Crippen LogP contribution in [0.3, 0.4) is 0 Å². The zero-order valence-electron chi connectivity index (χ0n) is 30.1. The molecule has 0 saturated carbocycles. The number of benzene rings is 6. The van der Waals surface area contributed by atoms with Crippen LogP contribution in [0.2, 0.25) is 0 Å². The van der Waals surface area contributed by atoms with Gasteiger partial charge >= 0.3 is 0 Å². The van der Waals surface area contributed by atoms with Crippen LogP contribution in [0.1, 0.15) is 25.0 Å². The Morgan fingerprint density at radius 2 is 0.982 bits per heavy atom. The Bertz CT molecular complexity index is 3140. The van der Waals surface area contributed by atoms with Crippen LogP contribution in [-0.2, 0) is 0 Å². The first kappa shape index (κ1) is 34.4. The molecule has 6 aromatic carbocycles. The Hall–Kier alpha value is -8.66. The minimum atomic E-state index is 0.412. The van der Waals surface area contributed by atoms with Gasteiger partial charge in [0, 0.05) is 22.1 Å². The van der Waals surface area contributed by atoms with Gasteiger partial charge in [-0.1, -0.05) is 54.6 Å². The summed E-state index contributed by atoms with van der Waals surface area (Å²) in [6.07, 6.45) is 0. The standard InChI is InChI=1S/C48H26N8/c1-29(26-49)45-43-44(48(55(45)42-20-16-39(53-4)17-21-42)38-13-11-36-25-40(54-5)15-14-35(36)24-38)46(30(2)52-3)56(41-18-7-31(27-50)8-19-41)47(43)37-12-10-33-22-32(28-51)6-9-34(33)23-37/h6-25H,1-2H3/b45-29+,46-30+. The summed E-state index contributed by atoms with van der Waals surface area (Å²) in [4.78, 5) is 11.3. The molecular weight excluding hydrogens is 689 g/mol. The maximum absolute atomic E-state index is 10.7. The number of nitrogens with zero attached hydrogens (tertiary/aromatic N) is 8. The molecule has 0 aliphatic rings. The van der Waals surface area contributed by atoms with Gasteiger partial charge in [0.2, 0.25) is 0 Å². The molecule has 0 fully saturated rings. The van der Waals surface area contributed by atoms with E-state index < -0.39 is 0 Å². The normalized spacial score (nSPS) is 11.9. The molecule has 8 rings (SSSR count). The first-order valence-corrected chi connectivity index (χ1v) is 17.4. The summed E-state index contributed by atoms with van der Waals surface area (Å²) < 4.78 is 4.11. The van der Waals surface area contributed by atoms with Crippen LogP contribution < -0.4 is 10.7 Å². The Morgan fingerprint density at radius 1 is 0.518 bits per heavy atom. The van der Waals surface area contributed by atoms with Gasteiger partial charge in [0.05, 0.1) is 76.7 Å². The fourth-order valence-corrected chi connectivity index (χ4v) is 7.51. The first-order valence-electron chi connectivity index (χ1n) is 17.4. The van der Waals surface area contributed by atoms with E-state index in [0.29, 0.717) is 44.5 Å². The highest BCUT2D eigenvalue weighted by Gasteiger charge is 2.28. The van der Waals surface area contributed by atoms with Crippen LogP contribution in [0.4, 0.5) is 11.4 Å². The Balaban J connectivity index is 1.66. The Morgan fingerprint density at radius 3 is 1.54 bits per heavy atom. The number of nitriles is 3. The van der Waals surface area contributed by atoms with Crippen molar-refractivity contribution in [2.24, 2.45) is 0 Å². The molecular formula is C48H26N8. The number of hydrogen-bond acceptors (Lipinski definition) is 3. The number of aromatic nitrogens is 2. The fraction of sp³-hybridized carbons (Fsp3) is 0.0417. The van der Waals surface area contributed by atoms with E-state index in [4.69, 9.17) is 19.7 Å². The van der Waals surface area contributed by atoms with Crippen LogP contribution in [0.25, 0.3) is 92.0 Å². The second kappa shape index (κ2) is 13.7. The maximum Gasteiger partial charge on any atom is 0.187 e. The van der Waals surface area contributed by atoms with E-state index in [1.807, 2.05) is 72.8 Å². The minimum absolute atomic E-state index is 0.412. The molecule has 2 heterocycles. The van der Waals surface area contributed by atoms with E-state index in [0.717, 1.165) is 66.2 Å². The molecule has 2 aromatic heterocycles. The van der Waals surface area contributed by atoms with Crippen molar-refractivity contribution in [2.45, 2.75) is 13.8 Å². The third-order valence-electron chi connectivity index (χ3n) is 10.1. The topological polar surface area (TPSA) is 94.3 Å². The number of fused-ring (bicyclic) bond motifs is 3. The van der Waals surface area contributed by atoms with Gasteiger partial charge in [-0.3, -0.25) is 0 Å². The highest BCUT2D eigenvalue weighted by atomic mass is 15.0. The van der Waals surface area contributed by atoms with Gasteiger partial charge in [-0.2, -0.15) is 15.8 Å². The maximum atomic E-state index is 10.7. The lowest BCUT2D eigenvalue weighted by molar-refractivity contribution is 1.01. The highest BCUT2D eigenvalue weighted by Crippen LogP contribution is 2.39. The van der Waals surface area contributed by atoms with E-state index in [-0.39, 0.29) is 0 Å². The molecule has 0 aliphatic carbocycles. The first-order chi connectivity index (χ1) is 27.3. The van der Waals surface area contributed by atoms with Gasteiger partial charge in [-0.15, -0.1) is 0 Å². The van der Waals surface area contributed by atoms with Crippen LogP contribution in [0.5, 0.6) is 0 Å². The summed E-state index contributed by atoms with van der Waals surface area (Å²) in [7, 11) is 0. The van der Waals surface area contributed by atoms with Crippen molar-refractivity contribution >= 4 is 55.0 Å². The molecule has 0 saturated heterocycles. The minimum Gasteiger partial charge on any atom is -0.319 e. The molecule has 0 spiro atoms. The van der Waals surface area contributed by atoms with E-state index in [2.05, 4.69) is 54.0 Å². The molecule has 0 atom stereocenters. The Kier molecular flexibility index (Phi) is 8.43. The molecule has 0 amide bonds. The van der Waals surface area contributed by atoms with Crippen LogP contribution in [0.15, 0.2) is 121 Å². The smallest absolute Gasteiger partial charge is 0.187 e. The third kappa shape index (κ3) is 5.50. The lowest BCUT2D eigenvalue weighted by atomic mass is 10.00. The van der Waals surface area contributed by atoms with Gasteiger partial charge < -0.3 is 9.13 Å².